The number of hydrogen-bond donors (Lipinski definition) is 1. The predicted molar refractivity (Wildman–Crippen MR) is 87.8 cm³/mol. The van der Waals surface area contributed by atoms with E-state index in [0.29, 0.717) is 6.54 Å². The predicted octanol–water partition coefficient (Wildman–Crippen LogP) is 2.74. The third-order valence-corrected chi connectivity index (χ3v) is 5.62. The van der Waals surface area contributed by atoms with Gasteiger partial charge in [-0.05, 0) is 31.2 Å². The fourth-order valence-electron chi connectivity index (χ4n) is 1.94. The molecule has 0 radical (unpaired) electrons. The van der Waals surface area contributed by atoms with E-state index in [1.54, 1.807) is 0 Å². The van der Waals surface area contributed by atoms with Crippen molar-refractivity contribution in [2.24, 2.45) is 0 Å². The molecular weight excluding hydrogens is 356 g/mol. The Morgan fingerprint density at radius 2 is 2.05 bits per heavy atom. The van der Waals surface area contributed by atoms with Crippen molar-refractivity contribution in [1.29, 1.82) is 0 Å². The summed E-state index contributed by atoms with van der Waals surface area (Å²) in [5.74, 6) is 0.862. The highest BCUT2D eigenvalue weighted by Gasteiger charge is 2.15. The Morgan fingerprint density at radius 3 is 2.71 bits per heavy atom. The van der Waals surface area contributed by atoms with Crippen LogP contribution in [0.15, 0.2) is 33.2 Å². The maximum Gasteiger partial charge on any atom is 0.214 e. The van der Waals surface area contributed by atoms with Crippen LogP contribution in [0.2, 0.25) is 0 Å². The average Bonchev–Trinajstić information content (AvgIpc) is 2.81. The van der Waals surface area contributed by atoms with Crippen molar-refractivity contribution in [3.63, 3.8) is 0 Å². The van der Waals surface area contributed by atoms with Crippen LogP contribution >= 0.6 is 15.9 Å². The third-order valence-electron chi connectivity index (χ3n) is 3.29. The fourth-order valence-corrected chi connectivity index (χ4v) is 3.06. The lowest BCUT2D eigenvalue weighted by Gasteiger charge is -2.14. The molecule has 7 heteroatoms. The van der Waals surface area contributed by atoms with Gasteiger partial charge in [0.25, 0.3) is 0 Å². The van der Waals surface area contributed by atoms with Crippen molar-refractivity contribution in [2.45, 2.75) is 13.0 Å². The Hall–Kier alpha value is -0.890. The Morgan fingerprint density at radius 1 is 1.33 bits per heavy atom. The molecule has 0 aliphatic heterocycles. The monoisotopic (exact) mass is 374 g/mol. The molecule has 116 valence electrons. The summed E-state index contributed by atoms with van der Waals surface area (Å²) in [6, 6.07) is 7.75. The van der Waals surface area contributed by atoms with E-state index in [4.69, 9.17) is 4.42 Å². The van der Waals surface area contributed by atoms with Crippen molar-refractivity contribution in [2.75, 3.05) is 26.4 Å². The molecule has 1 aromatic heterocycles. The second-order valence-electron chi connectivity index (χ2n) is 5.11. The summed E-state index contributed by atoms with van der Waals surface area (Å²) < 4.78 is 31.4. The molecule has 2 rings (SSSR count). The third kappa shape index (κ3) is 4.06. The smallest absolute Gasteiger partial charge is 0.214 e. The Bertz CT molecular complexity index is 725. The first-order chi connectivity index (χ1) is 9.79. The zero-order valence-corrected chi connectivity index (χ0v) is 14.7. The van der Waals surface area contributed by atoms with E-state index in [-0.39, 0.29) is 11.8 Å². The molecule has 1 unspecified atom stereocenters. The highest BCUT2D eigenvalue weighted by Crippen LogP contribution is 2.26. The molecule has 0 aliphatic rings. The maximum absolute atomic E-state index is 11.7. The summed E-state index contributed by atoms with van der Waals surface area (Å²) in [6.07, 6.45) is 0. The lowest BCUT2D eigenvalue weighted by Crippen LogP contribution is -2.32. The molecule has 0 spiro atoms. The van der Waals surface area contributed by atoms with Gasteiger partial charge in [0.05, 0.1) is 11.8 Å². The number of furan rings is 1. The van der Waals surface area contributed by atoms with Gasteiger partial charge in [-0.25, -0.2) is 12.7 Å². The van der Waals surface area contributed by atoms with E-state index < -0.39 is 10.0 Å². The largest absolute Gasteiger partial charge is 0.459 e. The molecule has 1 heterocycles. The molecule has 5 nitrogen and oxygen atoms in total. The second-order valence-corrected chi connectivity index (χ2v) is 8.32. The van der Waals surface area contributed by atoms with Crippen molar-refractivity contribution in [1.82, 2.24) is 9.62 Å². The Labute approximate surface area is 133 Å². The first kappa shape index (κ1) is 16.5. The van der Waals surface area contributed by atoms with Crippen LogP contribution in [-0.2, 0) is 10.0 Å². The van der Waals surface area contributed by atoms with E-state index in [2.05, 4.69) is 21.2 Å². The number of rotatable bonds is 6. The molecule has 0 saturated carbocycles. The second kappa shape index (κ2) is 6.48. The zero-order valence-electron chi connectivity index (χ0n) is 12.3. The number of fused-ring (bicyclic) bond motifs is 1. The molecule has 0 fully saturated rings. The lowest BCUT2D eigenvalue weighted by molar-refractivity contribution is 0.455. The van der Waals surface area contributed by atoms with E-state index in [0.717, 1.165) is 21.2 Å². The summed E-state index contributed by atoms with van der Waals surface area (Å²) in [7, 11) is -0.0971. The summed E-state index contributed by atoms with van der Waals surface area (Å²) in [5, 5.41) is 4.20. The maximum atomic E-state index is 11.7. The minimum atomic E-state index is -3.17. The lowest BCUT2D eigenvalue weighted by atomic mass is 10.2. The summed E-state index contributed by atoms with van der Waals surface area (Å²) in [6.45, 7) is 2.33. The van der Waals surface area contributed by atoms with Crippen molar-refractivity contribution < 1.29 is 12.8 Å². The van der Waals surface area contributed by atoms with Crippen LogP contribution in [0.5, 0.6) is 0 Å². The van der Waals surface area contributed by atoms with Crippen LogP contribution < -0.4 is 5.32 Å². The van der Waals surface area contributed by atoms with Crippen molar-refractivity contribution >= 4 is 36.9 Å². The number of benzene rings is 1. The van der Waals surface area contributed by atoms with Gasteiger partial charge in [-0.15, -0.1) is 0 Å². The highest BCUT2D eigenvalue weighted by molar-refractivity contribution is 9.10. The molecule has 0 saturated heterocycles. The number of hydrogen-bond acceptors (Lipinski definition) is 4. The van der Waals surface area contributed by atoms with Gasteiger partial charge in [-0.1, -0.05) is 15.9 Å². The number of nitrogens with one attached hydrogen (secondary N) is 1. The summed E-state index contributed by atoms with van der Waals surface area (Å²) in [4.78, 5) is 0. The topological polar surface area (TPSA) is 62.6 Å². The van der Waals surface area contributed by atoms with Crippen LogP contribution in [-0.4, -0.2) is 39.1 Å². The summed E-state index contributed by atoms with van der Waals surface area (Å²) in [5.41, 5.74) is 0.822. The highest BCUT2D eigenvalue weighted by atomic mass is 79.9. The molecule has 0 bridgehead atoms. The molecule has 1 atom stereocenters. The van der Waals surface area contributed by atoms with Gasteiger partial charge < -0.3 is 9.73 Å². The zero-order chi connectivity index (χ0) is 15.6. The van der Waals surface area contributed by atoms with Crippen LogP contribution in [0.1, 0.15) is 18.7 Å². The molecular formula is C14H19BrN2O3S. The number of halogens is 1. The molecule has 1 aromatic carbocycles. The van der Waals surface area contributed by atoms with Crippen molar-refractivity contribution in [3.05, 3.63) is 34.5 Å². The molecule has 0 amide bonds. The van der Waals surface area contributed by atoms with Crippen LogP contribution in [0.4, 0.5) is 0 Å². The average molecular weight is 375 g/mol. The molecule has 2 aromatic rings. The van der Waals surface area contributed by atoms with Crippen molar-refractivity contribution in [3.8, 4) is 0 Å². The standard InChI is InChI=1S/C14H19BrN2O3S/c1-10(16-6-7-21(18,19)17(2)3)14-9-11-8-12(15)4-5-13(11)20-14/h4-5,8-10,16H,6-7H2,1-3H3. The summed E-state index contributed by atoms with van der Waals surface area (Å²) >= 11 is 3.43. The van der Waals surface area contributed by atoms with Gasteiger partial charge in [0.1, 0.15) is 11.3 Å². The fraction of sp³-hybridized carbons (Fsp3) is 0.429. The van der Waals surface area contributed by atoms with Gasteiger partial charge in [0, 0.05) is 30.5 Å². The van der Waals surface area contributed by atoms with Gasteiger partial charge in [0.2, 0.25) is 10.0 Å². The van der Waals surface area contributed by atoms with Crippen LogP contribution in [0, 0.1) is 0 Å². The van der Waals surface area contributed by atoms with Gasteiger partial charge >= 0.3 is 0 Å². The number of nitrogens with zero attached hydrogens (tertiary/aromatic N) is 1. The van der Waals surface area contributed by atoms with E-state index in [9.17, 15) is 8.42 Å². The number of sulfonamides is 1. The van der Waals surface area contributed by atoms with Gasteiger partial charge in [-0.2, -0.15) is 0 Å². The first-order valence-electron chi connectivity index (χ1n) is 6.62. The first-order valence-corrected chi connectivity index (χ1v) is 9.02. The van der Waals surface area contributed by atoms with Gasteiger partial charge in [0.15, 0.2) is 0 Å². The Balaban J connectivity index is 2.01. The van der Waals surface area contributed by atoms with Crippen LogP contribution in [0.3, 0.4) is 0 Å². The SMILES string of the molecule is CC(NCCS(=O)(=O)N(C)C)c1cc2cc(Br)ccc2o1. The minimum absolute atomic E-state index is 0.0477. The minimum Gasteiger partial charge on any atom is -0.459 e. The molecule has 21 heavy (non-hydrogen) atoms. The molecule has 1 N–H and O–H groups in total. The quantitative estimate of drug-likeness (QED) is 0.844. The normalized spacial score (nSPS) is 14.0. The van der Waals surface area contributed by atoms with Gasteiger partial charge in [-0.3, -0.25) is 0 Å². The molecule has 0 aliphatic carbocycles. The van der Waals surface area contributed by atoms with E-state index in [1.807, 2.05) is 31.2 Å². The Kier molecular flexibility index (Phi) is 5.08. The van der Waals surface area contributed by atoms with Crippen LogP contribution in [0.25, 0.3) is 11.0 Å². The van der Waals surface area contributed by atoms with E-state index in [1.165, 1.54) is 18.4 Å². The van der Waals surface area contributed by atoms with E-state index >= 15 is 0 Å².